The Labute approximate surface area is 126 Å². The van der Waals surface area contributed by atoms with Gasteiger partial charge in [0, 0.05) is 5.69 Å². The van der Waals surface area contributed by atoms with Gasteiger partial charge in [0.15, 0.2) is 0 Å². The van der Waals surface area contributed by atoms with E-state index in [0.29, 0.717) is 5.92 Å². The quantitative estimate of drug-likeness (QED) is 0.889. The number of rotatable bonds is 4. The van der Waals surface area contributed by atoms with Gasteiger partial charge in [0.1, 0.15) is 0 Å². The van der Waals surface area contributed by atoms with Crippen molar-refractivity contribution in [2.75, 3.05) is 5.32 Å². The second-order valence-corrected chi connectivity index (χ2v) is 6.40. The summed E-state index contributed by atoms with van der Waals surface area (Å²) in [6.07, 6.45) is 1.50. The summed E-state index contributed by atoms with van der Waals surface area (Å²) in [6.45, 7) is 4.45. The van der Waals surface area contributed by atoms with Crippen molar-refractivity contribution in [1.82, 2.24) is 0 Å². The number of para-hydroxylation sites is 1. The summed E-state index contributed by atoms with van der Waals surface area (Å²) in [5.74, 6) is 0.659. The Morgan fingerprint density at radius 1 is 1.10 bits per heavy atom. The zero-order chi connectivity index (χ0) is 14.8. The Balaban J connectivity index is 1.70. The van der Waals surface area contributed by atoms with E-state index in [1.807, 2.05) is 6.07 Å². The maximum atomic E-state index is 10.6. The normalized spacial score (nSPS) is 18.4. The van der Waals surface area contributed by atoms with Gasteiger partial charge in [-0.05, 0) is 41.5 Å². The molecule has 0 fully saturated rings. The predicted octanol–water partition coefficient (Wildman–Crippen LogP) is 3.96. The first-order valence-corrected chi connectivity index (χ1v) is 7.75. The lowest BCUT2D eigenvalue weighted by molar-refractivity contribution is 0.156. The Hall–Kier alpha value is -1.80. The summed E-state index contributed by atoms with van der Waals surface area (Å²) >= 11 is 0. The van der Waals surface area contributed by atoms with Crippen molar-refractivity contribution in [3.63, 3.8) is 0 Å². The van der Waals surface area contributed by atoms with Crippen LogP contribution >= 0.6 is 0 Å². The Morgan fingerprint density at radius 3 is 2.48 bits per heavy atom. The summed E-state index contributed by atoms with van der Waals surface area (Å²) in [6, 6.07) is 16.8. The van der Waals surface area contributed by atoms with E-state index in [9.17, 15) is 5.11 Å². The molecule has 2 aromatic rings. The van der Waals surface area contributed by atoms with E-state index in [0.717, 1.165) is 24.1 Å². The van der Waals surface area contributed by atoms with Crippen molar-refractivity contribution in [3.8, 4) is 0 Å². The van der Waals surface area contributed by atoms with Crippen molar-refractivity contribution < 1.29 is 5.11 Å². The average Bonchev–Trinajstić information content (AvgIpc) is 2.90. The molecule has 2 heteroatoms. The Morgan fingerprint density at radius 2 is 1.81 bits per heavy atom. The number of aliphatic hydroxyl groups excluding tert-OH is 1. The predicted molar refractivity (Wildman–Crippen MR) is 87.5 cm³/mol. The molecule has 0 saturated heterocycles. The van der Waals surface area contributed by atoms with Gasteiger partial charge in [0.05, 0.1) is 12.1 Å². The molecule has 0 radical (unpaired) electrons. The van der Waals surface area contributed by atoms with Gasteiger partial charge < -0.3 is 10.4 Å². The highest BCUT2D eigenvalue weighted by Crippen LogP contribution is 2.31. The monoisotopic (exact) mass is 281 g/mol. The minimum atomic E-state index is -0.467. The standard InChI is InChI=1S/C19H23NO/c1-13(2)11-14-7-9-15(10-8-14)19(21)18-12-16-5-3-4-6-17(16)20-18/h3-10,13,18-21H,11-12H2,1-2H3. The van der Waals surface area contributed by atoms with E-state index in [1.54, 1.807) is 0 Å². The first kappa shape index (κ1) is 14.2. The molecule has 0 aromatic heterocycles. The molecular weight excluding hydrogens is 258 g/mol. The summed E-state index contributed by atoms with van der Waals surface area (Å²) in [4.78, 5) is 0. The van der Waals surface area contributed by atoms with E-state index in [-0.39, 0.29) is 6.04 Å². The highest BCUT2D eigenvalue weighted by molar-refractivity contribution is 5.57. The van der Waals surface area contributed by atoms with Crippen LogP contribution < -0.4 is 5.32 Å². The molecule has 21 heavy (non-hydrogen) atoms. The molecule has 1 aliphatic rings. The van der Waals surface area contributed by atoms with E-state index >= 15 is 0 Å². The van der Waals surface area contributed by atoms with E-state index < -0.39 is 6.10 Å². The number of anilines is 1. The molecule has 2 aromatic carbocycles. The van der Waals surface area contributed by atoms with Crippen LogP contribution in [0.15, 0.2) is 48.5 Å². The molecule has 2 N–H and O–H groups in total. The van der Waals surface area contributed by atoms with E-state index in [1.165, 1.54) is 11.1 Å². The van der Waals surface area contributed by atoms with Crippen LogP contribution in [0.2, 0.25) is 0 Å². The number of nitrogens with one attached hydrogen (secondary N) is 1. The minimum absolute atomic E-state index is 0.0679. The number of benzene rings is 2. The Bertz CT molecular complexity index is 578. The third kappa shape index (κ3) is 3.11. The van der Waals surface area contributed by atoms with E-state index in [2.05, 4.69) is 61.6 Å². The van der Waals surface area contributed by atoms with Crippen molar-refractivity contribution in [2.45, 2.75) is 38.8 Å². The maximum Gasteiger partial charge on any atom is 0.0994 e. The third-order valence-electron chi connectivity index (χ3n) is 4.14. The lowest BCUT2D eigenvalue weighted by Gasteiger charge is -2.19. The van der Waals surface area contributed by atoms with Crippen molar-refractivity contribution in [2.24, 2.45) is 5.92 Å². The largest absolute Gasteiger partial charge is 0.386 e. The van der Waals surface area contributed by atoms with Gasteiger partial charge in [-0.25, -0.2) is 0 Å². The van der Waals surface area contributed by atoms with Crippen LogP contribution in [0.25, 0.3) is 0 Å². The van der Waals surface area contributed by atoms with Crippen LogP contribution in [0.3, 0.4) is 0 Å². The fourth-order valence-corrected chi connectivity index (χ4v) is 3.07. The van der Waals surface area contributed by atoms with Crippen molar-refractivity contribution >= 4 is 5.69 Å². The fourth-order valence-electron chi connectivity index (χ4n) is 3.07. The molecular formula is C19H23NO. The Kier molecular flexibility index (Phi) is 3.98. The molecule has 0 saturated carbocycles. The zero-order valence-electron chi connectivity index (χ0n) is 12.7. The van der Waals surface area contributed by atoms with Gasteiger partial charge in [-0.1, -0.05) is 56.3 Å². The van der Waals surface area contributed by atoms with Crippen LogP contribution in [-0.4, -0.2) is 11.1 Å². The molecule has 0 aliphatic carbocycles. The lowest BCUT2D eigenvalue weighted by atomic mass is 9.96. The number of fused-ring (bicyclic) bond motifs is 1. The first-order valence-electron chi connectivity index (χ1n) is 7.75. The fraction of sp³-hybridized carbons (Fsp3) is 0.368. The molecule has 2 atom stereocenters. The van der Waals surface area contributed by atoms with Crippen molar-refractivity contribution in [1.29, 1.82) is 0 Å². The molecule has 2 nitrogen and oxygen atoms in total. The first-order chi connectivity index (χ1) is 10.1. The van der Waals surface area contributed by atoms with Crippen LogP contribution in [-0.2, 0) is 12.8 Å². The number of hydrogen-bond donors (Lipinski definition) is 2. The SMILES string of the molecule is CC(C)Cc1ccc(C(O)C2Cc3ccccc3N2)cc1. The summed E-state index contributed by atoms with van der Waals surface area (Å²) in [5, 5.41) is 14.0. The highest BCUT2D eigenvalue weighted by Gasteiger charge is 2.27. The van der Waals surface area contributed by atoms with E-state index in [4.69, 9.17) is 0 Å². The molecule has 1 heterocycles. The smallest absolute Gasteiger partial charge is 0.0994 e. The number of hydrogen-bond acceptors (Lipinski definition) is 2. The summed E-state index contributed by atoms with van der Waals surface area (Å²) in [5.41, 5.74) is 4.77. The van der Waals surface area contributed by atoms with Crippen LogP contribution in [0, 0.1) is 5.92 Å². The van der Waals surface area contributed by atoms with Gasteiger partial charge in [-0.3, -0.25) is 0 Å². The van der Waals surface area contributed by atoms with Gasteiger partial charge >= 0.3 is 0 Å². The van der Waals surface area contributed by atoms with Crippen molar-refractivity contribution in [3.05, 3.63) is 65.2 Å². The summed E-state index contributed by atoms with van der Waals surface area (Å²) < 4.78 is 0. The zero-order valence-corrected chi connectivity index (χ0v) is 12.7. The van der Waals surface area contributed by atoms with Gasteiger partial charge in [-0.2, -0.15) is 0 Å². The molecule has 110 valence electrons. The van der Waals surface area contributed by atoms with Gasteiger partial charge in [0.25, 0.3) is 0 Å². The second-order valence-electron chi connectivity index (χ2n) is 6.40. The summed E-state index contributed by atoms with van der Waals surface area (Å²) in [7, 11) is 0. The maximum absolute atomic E-state index is 10.6. The third-order valence-corrected chi connectivity index (χ3v) is 4.14. The van der Waals surface area contributed by atoms with Crippen LogP contribution in [0.1, 0.15) is 36.6 Å². The molecule has 3 rings (SSSR count). The molecule has 2 unspecified atom stereocenters. The van der Waals surface area contributed by atoms with Crippen LogP contribution in [0.4, 0.5) is 5.69 Å². The average molecular weight is 281 g/mol. The molecule has 0 spiro atoms. The van der Waals surface area contributed by atoms with Crippen LogP contribution in [0.5, 0.6) is 0 Å². The van der Waals surface area contributed by atoms with Gasteiger partial charge in [0.2, 0.25) is 0 Å². The lowest BCUT2D eigenvalue weighted by Crippen LogP contribution is -2.24. The minimum Gasteiger partial charge on any atom is -0.386 e. The number of aliphatic hydroxyl groups is 1. The molecule has 1 aliphatic heterocycles. The van der Waals surface area contributed by atoms with Gasteiger partial charge in [-0.15, -0.1) is 0 Å². The molecule has 0 bridgehead atoms. The second kappa shape index (κ2) is 5.90. The molecule has 0 amide bonds. The topological polar surface area (TPSA) is 32.3 Å². The highest BCUT2D eigenvalue weighted by atomic mass is 16.3.